The van der Waals surface area contributed by atoms with Crippen molar-refractivity contribution in [3.63, 3.8) is 0 Å². The van der Waals surface area contributed by atoms with Gasteiger partial charge in [0.1, 0.15) is 0 Å². The zero-order valence-electron chi connectivity index (χ0n) is 12.3. The summed E-state index contributed by atoms with van der Waals surface area (Å²) in [5.41, 5.74) is 8.65. The van der Waals surface area contributed by atoms with Crippen LogP contribution in [0.1, 0.15) is 34.7 Å². The van der Waals surface area contributed by atoms with E-state index in [1.807, 2.05) is 32.0 Å². The van der Waals surface area contributed by atoms with Gasteiger partial charge in [-0.15, -0.1) is 0 Å². The van der Waals surface area contributed by atoms with Gasteiger partial charge in [-0.1, -0.05) is 30.3 Å². The third-order valence-electron chi connectivity index (χ3n) is 3.92. The van der Waals surface area contributed by atoms with Gasteiger partial charge >= 0.3 is 6.18 Å². The molecule has 0 aliphatic rings. The van der Waals surface area contributed by atoms with Gasteiger partial charge in [-0.3, -0.25) is 0 Å². The molecule has 2 N–H and O–H groups in total. The van der Waals surface area contributed by atoms with Crippen LogP contribution in [-0.2, 0) is 11.7 Å². The molecule has 0 saturated carbocycles. The number of hydrogen-bond donors (Lipinski definition) is 1. The third-order valence-corrected chi connectivity index (χ3v) is 3.92. The first-order valence-electron chi connectivity index (χ1n) is 6.67. The van der Waals surface area contributed by atoms with Crippen LogP contribution in [0.15, 0.2) is 42.5 Å². The van der Waals surface area contributed by atoms with Crippen LogP contribution in [0.4, 0.5) is 13.2 Å². The summed E-state index contributed by atoms with van der Waals surface area (Å²) in [6, 6.07) is 10.9. The van der Waals surface area contributed by atoms with Gasteiger partial charge in [-0.2, -0.15) is 13.2 Å². The van der Waals surface area contributed by atoms with Crippen molar-refractivity contribution in [1.29, 1.82) is 0 Å². The molecule has 4 heteroatoms. The van der Waals surface area contributed by atoms with Gasteiger partial charge in [0.25, 0.3) is 0 Å². The van der Waals surface area contributed by atoms with Crippen LogP contribution < -0.4 is 5.73 Å². The average Bonchev–Trinajstić information content (AvgIpc) is 2.41. The lowest BCUT2D eigenvalue weighted by atomic mass is 9.84. The number of benzene rings is 2. The van der Waals surface area contributed by atoms with E-state index in [2.05, 4.69) is 0 Å². The van der Waals surface area contributed by atoms with Crippen molar-refractivity contribution in [3.05, 3.63) is 70.3 Å². The zero-order valence-corrected chi connectivity index (χ0v) is 12.3. The van der Waals surface area contributed by atoms with Crippen LogP contribution in [-0.4, -0.2) is 0 Å². The van der Waals surface area contributed by atoms with Gasteiger partial charge in [0.2, 0.25) is 0 Å². The molecule has 0 aliphatic heterocycles. The normalized spacial score (nSPS) is 14.8. The molecule has 112 valence electrons. The maximum absolute atomic E-state index is 12.6. The fourth-order valence-corrected chi connectivity index (χ4v) is 2.24. The van der Waals surface area contributed by atoms with Gasteiger partial charge in [-0.05, 0) is 55.2 Å². The standard InChI is InChI=1S/C17H18F3N/c1-11-4-5-15(10-12(11)2)16(3,21)13-6-8-14(9-7-13)17(18,19)20/h4-10H,21H2,1-3H3. The number of hydrogen-bond acceptors (Lipinski definition) is 1. The SMILES string of the molecule is Cc1ccc(C(C)(N)c2ccc(C(F)(F)F)cc2)cc1C. The van der Waals surface area contributed by atoms with Crippen LogP contribution in [0, 0.1) is 13.8 Å². The first-order valence-corrected chi connectivity index (χ1v) is 6.67. The minimum atomic E-state index is -4.33. The van der Waals surface area contributed by atoms with E-state index in [1.54, 1.807) is 6.92 Å². The Morgan fingerprint density at radius 2 is 1.24 bits per heavy atom. The van der Waals surface area contributed by atoms with Crippen LogP contribution in [0.3, 0.4) is 0 Å². The highest BCUT2D eigenvalue weighted by atomic mass is 19.4. The van der Waals surface area contributed by atoms with E-state index in [-0.39, 0.29) is 0 Å². The van der Waals surface area contributed by atoms with E-state index in [0.29, 0.717) is 5.56 Å². The molecule has 0 bridgehead atoms. The largest absolute Gasteiger partial charge is 0.416 e. The summed E-state index contributed by atoms with van der Waals surface area (Å²) in [7, 11) is 0. The highest BCUT2D eigenvalue weighted by molar-refractivity contribution is 5.41. The molecule has 2 aromatic rings. The van der Waals surface area contributed by atoms with Crippen LogP contribution >= 0.6 is 0 Å². The minimum Gasteiger partial charge on any atom is -0.318 e. The fraction of sp³-hybridized carbons (Fsp3) is 0.294. The molecule has 2 aromatic carbocycles. The van der Waals surface area contributed by atoms with E-state index in [0.717, 1.165) is 28.8 Å². The second-order valence-electron chi connectivity index (χ2n) is 5.58. The molecule has 0 aromatic heterocycles. The Bertz CT molecular complexity index is 640. The summed E-state index contributed by atoms with van der Waals surface area (Å²) >= 11 is 0. The molecular formula is C17H18F3N. The second kappa shape index (κ2) is 5.19. The predicted octanol–water partition coefficient (Wildman–Crippen LogP) is 4.54. The Kier molecular flexibility index (Phi) is 3.85. The topological polar surface area (TPSA) is 26.0 Å². The van der Waals surface area contributed by atoms with Gasteiger partial charge < -0.3 is 5.73 Å². The van der Waals surface area contributed by atoms with Gasteiger partial charge in [-0.25, -0.2) is 0 Å². The number of alkyl halides is 3. The summed E-state index contributed by atoms with van der Waals surface area (Å²) in [4.78, 5) is 0. The molecule has 1 atom stereocenters. The Balaban J connectivity index is 2.41. The second-order valence-corrected chi connectivity index (χ2v) is 5.58. The first-order chi connectivity index (χ1) is 9.62. The molecule has 0 saturated heterocycles. The first kappa shape index (κ1) is 15.6. The molecule has 1 unspecified atom stereocenters. The molecule has 0 aliphatic carbocycles. The monoisotopic (exact) mass is 293 g/mol. The Hall–Kier alpha value is -1.81. The van der Waals surface area contributed by atoms with E-state index in [9.17, 15) is 13.2 Å². The number of rotatable bonds is 2. The van der Waals surface area contributed by atoms with Crippen molar-refractivity contribution in [3.8, 4) is 0 Å². The predicted molar refractivity (Wildman–Crippen MR) is 78.0 cm³/mol. The van der Waals surface area contributed by atoms with Crippen LogP contribution in [0.2, 0.25) is 0 Å². The van der Waals surface area contributed by atoms with Gasteiger partial charge in [0.15, 0.2) is 0 Å². The molecule has 21 heavy (non-hydrogen) atoms. The summed E-state index contributed by atoms with van der Waals surface area (Å²) < 4.78 is 37.8. The summed E-state index contributed by atoms with van der Waals surface area (Å²) in [6.45, 7) is 5.80. The lowest BCUT2D eigenvalue weighted by Crippen LogP contribution is -2.34. The molecule has 0 amide bonds. The molecule has 0 fully saturated rings. The average molecular weight is 293 g/mol. The van der Waals surface area contributed by atoms with Crippen molar-refractivity contribution in [2.45, 2.75) is 32.5 Å². The van der Waals surface area contributed by atoms with Gasteiger partial charge in [0.05, 0.1) is 11.1 Å². The van der Waals surface area contributed by atoms with Crippen LogP contribution in [0.25, 0.3) is 0 Å². The summed E-state index contributed by atoms with van der Waals surface area (Å²) in [5.74, 6) is 0. The number of nitrogens with two attached hydrogens (primary N) is 1. The smallest absolute Gasteiger partial charge is 0.318 e. The zero-order chi connectivity index (χ0) is 15.8. The summed E-state index contributed by atoms with van der Waals surface area (Å²) in [6.07, 6.45) is -4.33. The van der Waals surface area contributed by atoms with E-state index >= 15 is 0 Å². The van der Waals surface area contributed by atoms with E-state index in [1.165, 1.54) is 12.1 Å². The lowest BCUT2D eigenvalue weighted by Gasteiger charge is -2.27. The van der Waals surface area contributed by atoms with E-state index in [4.69, 9.17) is 5.73 Å². The minimum absolute atomic E-state index is 0.652. The summed E-state index contributed by atoms with van der Waals surface area (Å²) in [5, 5.41) is 0. The van der Waals surface area contributed by atoms with Crippen molar-refractivity contribution in [1.82, 2.24) is 0 Å². The Morgan fingerprint density at radius 3 is 1.71 bits per heavy atom. The maximum atomic E-state index is 12.6. The van der Waals surface area contributed by atoms with Crippen molar-refractivity contribution in [2.24, 2.45) is 5.73 Å². The van der Waals surface area contributed by atoms with Crippen molar-refractivity contribution >= 4 is 0 Å². The highest BCUT2D eigenvalue weighted by Crippen LogP contribution is 2.32. The van der Waals surface area contributed by atoms with Gasteiger partial charge in [0, 0.05) is 0 Å². The number of aryl methyl sites for hydroxylation is 2. The van der Waals surface area contributed by atoms with Crippen molar-refractivity contribution in [2.75, 3.05) is 0 Å². The number of halogens is 3. The molecule has 0 spiro atoms. The van der Waals surface area contributed by atoms with Crippen molar-refractivity contribution < 1.29 is 13.2 Å². The molecular weight excluding hydrogens is 275 g/mol. The third kappa shape index (κ3) is 3.10. The molecule has 1 nitrogen and oxygen atoms in total. The van der Waals surface area contributed by atoms with Crippen LogP contribution in [0.5, 0.6) is 0 Å². The van der Waals surface area contributed by atoms with E-state index < -0.39 is 17.3 Å². The fourth-order valence-electron chi connectivity index (χ4n) is 2.24. The molecule has 0 heterocycles. The quantitative estimate of drug-likeness (QED) is 0.864. The Morgan fingerprint density at radius 1 is 0.762 bits per heavy atom. The molecule has 2 rings (SSSR count). The molecule has 0 radical (unpaired) electrons. The maximum Gasteiger partial charge on any atom is 0.416 e. The highest BCUT2D eigenvalue weighted by Gasteiger charge is 2.31. The lowest BCUT2D eigenvalue weighted by molar-refractivity contribution is -0.137. The Labute approximate surface area is 122 Å².